The van der Waals surface area contributed by atoms with E-state index in [1.54, 1.807) is 10.7 Å². The number of halogens is 1. The summed E-state index contributed by atoms with van der Waals surface area (Å²) in [4.78, 5) is 7.86. The first-order chi connectivity index (χ1) is 5.27. The quantitative estimate of drug-likeness (QED) is 0.647. The third-order valence-corrected chi connectivity index (χ3v) is 1.45. The second-order valence-corrected chi connectivity index (χ2v) is 2.27. The number of nitrogens with two attached hydrogens (primary N) is 1. The van der Waals surface area contributed by atoms with Crippen molar-refractivity contribution in [3.05, 3.63) is 18.0 Å². The second kappa shape index (κ2) is 2.94. The molecule has 12 heavy (non-hydrogen) atoms. The summed E-state index contributed by atoms with van der Waals surface area (Å²) in [5.41, 5.74) is 6.35. The van der Waals surface area contributed by atoms with Gasteiger partial charge in [0.1, 0.15) is 0 Å². The minimum Gasteiger partial charge on any atom is -0.366 e. The first-order valence-electron chi connectivity index (χ1n) is 3.21. The molecule has 6 heteroatoms. The van der Waals surface area contributed by atoms with E-state index in [9.17, 15) is 0 Å². The van der Waals surface area contributed by atoms with Gasteiger partial charge in [0.05, 0.1) is 0 Å². The maximum atomic E-state index is 5.38. The van der Waals surface area contributed by atoms with E-state index in [1.807, 2.05) is 13.0 Å². The van der Waals surface area contributed by atoms with Crippen molar-refractivity contribution < 1.29 is 0 Å². The van der Waals surface area contributed by atoms with Gasteiger partial charge in [0.15, 0.2) is 0 Å². The van der Waals surface area contributed by atoms with Crippen LogP contribution in [0.25, 0.3) is 5.78 Å². The Morgan fingerprint density at radius 3 is 2.92 bits per heavy atom. The molecule has 0 fully saturated rings. The smallest absolute Gasteiger partial charge is 0.254 e. The zero-order valence-corrected chi connectivity index (χ0v) is 7.25. The average molecular weight is 186 g/mol. The van der Waals surface area contributed by atoms with Crippen molar-refractivity contribution in [3.8, 4) is 0 Å². The molecule has 2 rings (SSSR count). The first kappa shape index (κ1) is 8.73. The monoisotopic (exact) mass is 185 g/mol. The number of nitrogens with zero attached hydrogens (tertiary/aromatic N) is 4. The molecule has 0 aliphatic heterocycles. The van der Waals surface area contributed by atoms with E-state index >= 15 is 0 Å². The summed E-state index contributed by atoms with van der Waals surface area (Å²) in [7, 11) is 0. The molecule has 0 unspecified atom stereocenters. The van der Waals surface area contributed by atoms with Crippen LogP contribution in [0.5, 0.6) is 0 Å². The molecule has 2 aromatic heterocycles. The highest BCUT2D eigenvalue weighted by atomic mass is 35.5. The van der Waals surface area contributed by atoms with Gasteiger partial charge < -0.3 is 5.73 Å². The summed E-state index contributed by atoms with van der Waals surface area (Å²) < 4.78 is 1.61. The number of aryl methyl sites for hydroxylation is 1. The van der Waals surface area contributed by atoms with Crippen LogP contribution < -0.4 is 5.73 Å². The van der Waals surface area contributed by atoms with E-state index < -0.39 is 0 Å². The number of rotatable bonds is 0. The third kappa shape index (κ3) is 1.18. The second-order valence-electron chi connectivity index (χ2n) is 2.27. The Labute approximate surface area is 75.0 Å². The molecule has 2 aromatic rings. The van der Waals surface area contributed by atoms with E-state index in [1.165, 1.54) is 0 Å². The Balaban J connectivity index is 0.000000720. The van der Waals surface area contributed by atoms with Gasteiger partial charge in [-0.2, -0.15) is 9.50 Å². The highest BCUT2D eigenvalue weighted by Crippen LogP contribution is 2.01. The topological polar surface area (TPSA) is 69.1 Å². The maximum Gasteiger partial charge on any atom is 0.254 e. The molecular formula is C6H8ClN5. The van der Waals surface area contributed by atoms with E-state index in [0.29, 0.717) is 5.78 Å². The van der Waals surface area contributed by atoms with Gasteiger partial charge in [-0.1, -0.05) is 0 Å². The number of nitrogen functional groups attached to an aromatic ring is 1. The Hall–Kier alpha value is -1.36. The fourth-order valence-electron chi connectivity index (χ4n) is 0.922. The van der Waals surface area contributed by atoms with Crippen molar-refractivity contribution in [2.45, 2.75) is 6.92 Å². The lowest BCUT2D eigenvalue weighted by atomic mass is 10.5. The molecule has 2 heterocycles. The van der Waals surface area contributed by atoms with Crippen molar-refractivity contribution in [2.75, 3.05) is 5.73 Å². The fourth-order valence-corrected chi connectivity index (χ4v) is 0.922. The molecule has 0 saturated carbocycles. The van der Waals surface area contributed by atoms with Crippen molar-refractivity contribution >= 4 is 24.1 Å². The van der Waals surface area contributed by atoms with E-state index in [0.717, 1.165) is 5.69 Å². The molecule has 5 nitrogen and oxygen atoms in total. The van der Waals surface area contributed by atoms with Crippen LogP contribution in [0.2, 0.25) is 0 Å². The predicted octanol–water partition coefficient (Wildman–Crippen LogP) is 0.437. The molecule has 0 radical (unpaired) electrons. The van der Waals surface area contributed by atoms with Crippen LogP contribution in [0.4, 0.5) is 5.95 Å². The van der Waals surface area contributed by atoms with Crippen molar-refractivity contribution in [1.82, 2.24) is 19.6 Å². The third-order valence-electron chi connectivity index (χ3n) is 1.45. The van der Waals surface area contributed by atoms with Crippen LogP contribution in [-0.2, 0) is 0 Å². The molecule has 0 amide bonds. The standard InChI is InChI=1S/C6H7N5.ClH/c1-4-2-3-8-6-9-5(7)10-11(4)6;/h2-3H,1H3,(H2,7,10);1H. The molecular weight excluding hydrogens is 178 g/mol. The predicted molar refractivity (Wildman–Crippen MR) is 47.2 cm³/mol. The highest BCUT2D eigenvalue weighted by Gasteiger charge is 2.00. The van der Waals surface area contributed by atoms with E-state index in [2.05, 4.69) is 15.1 Å². The van der Waals surface area contributed by atoms with Gasteiger partial charge >= 0.3 is 0 Å². The molecule has 0 aliphatic carbocycles. The van der Waals surface area contributed by atoms with Crippen LogP contribution in [-0.4, -0.2) is 19.6 Å². The van der Waals surface area contributed by atoms with Crippen LogP contribution in [0, 0.1) is 6.92 Å². The number of anilines is 1. The summed E-state index contributed by atoms with van der Waals surface area (Å²) in [5.74, 6) is 0.800. The van der Waals surface area contributed by atoms with Crippen LogP contribution in [0.15, 0.2) is 12.3 Å². The van der Waals surface area contributed by atoms with Gasteiger partial charge in [-0.15, -0.1) is 17.5 Å². The minimum atomic E-state index is 0. The number of hydrogen-bond donors (Lipinski definition) is 1. The van der Waals surface area contributed by atoms with Gasteiger partial charge in [0.25, 0.3) is 5.78 Å². The number of hydrogen-bond acceptors (Lipinski definition) is 4. The van der Waals surface area contributed by atoms with E-state index in [-0.39, 0.29) is 18.4 Å². The lowest BCUT2D eigenvalue weighted by Gasteiger charge is -1.92. The van der Waals surface area contributed by atoms with Gasteiger partial charge in [-0.05, 0) is 13.0 Å². The zero-order chi connectivity index (χ0) is 7.84. The summed E-state index contributed by atoms with van der Waals surface area (Å²) >= 11 is 0. The van der Waals surface area contributed by atoms with Crippen LogP contribution >= 0.6 is 12.4 Å². The van der Waals surface area contributed by atoms with E-state index in [4.69, 9.17) is 5.73 Å². The molecule has 0 aromatic carbocycles. The Morgan fingerprint density at radius 2 is 2.25 bits per heavy atom. The Kier molecular flexibility index (Phi) is 2.14. The lowest BCUT2D eigenvalue weighted by molar-refractivity contribution is 0.898. The van der Waals surface area contributed by atoms with Crippen LogP contribution in [0.1, 0.15) is 5.69 Å². The van der Waals surface area contributed by atoms with Crippen molar-refractivity contribution in [1.29, 1.82) is 0 Å². The summed E-state index contributed by atoms with van der Waals surface area (Å²) in [6.45, 7) is 1.92. The largest absolute Gasteiger partial charge is 0.366 e. The minimum absolute atomic E-state index is 0. The molecule has 64 valence electrons. The molecule has 0 aliphatic rings. The molecule has 0 spiro atoms. The summed E-state index contributed by atoms with van der Waals surface area (Å²) in [6, 6.07) is 1.85. The normalized spacial score (nSPS) is 9.75. The fraction of sp³-hybridized carbons (Fsp3) is 0.167. The van der Waals surface area contributed by atoms with Gasteiger partial charge in [0, 0.05) is 11.9 Å². The lowest BCUT2D eigenvalue weighted by Crippen LogP contribution is -1.94. The zero-order valence-electron chi connectivity index (χ0n) is 6.43. The molecule has 2 N–H and O–H groups in total. The molecule has 0 saturated heterocycles. The van der Waals surface area contributed by atoms with Crippen molar-refractivity contribution in [3.63, 3.8) is 0 Å². The highest BCUT2D eigenvalue weighted by molar-refractivity contribution is 5.85. The first-order valence-corrected chi connectivity index (χ1v) is 3.21. The molecule has 0 atom stereocenters. The Morgan fingerprint density at radius 1 is 1.50 bits per heavy atom. The van der Waals surface area contributed by atoms with Crippen LogP contribution in [0.3, 0.4) is 0 Å². The molecule has 0 bridgehead atoms. The van der Waals surface area contributed by atoms with Gasteiger partial charge in [-0.3, -0.25) is 0 Å². The SMILES string of the molecule is Cc1ccnc2nc(N)nn12.Cl. The average Bonchev–Trinajstić information content (AvgIpc) is 2.31. The number of aromatic nitrogens is 4. The maximum absolute atomic E-state index is 5.38. The summed E-state index contributed by atoms with van der Waals surface area (Å²) in [6.07, 6.45) is 1.68. The van der Waals surface area contributed by atoms with Gasteiger partial charge in [0.2, 0.25) is 5.95 Å². The summed E-state index contributed by atoms with van der Waals surface area (Å²) in [5, 5.41) is 3.93. The number of fused-ring (bicyclic) bond motifs is 1. The Bertz CT molecular complexity index is 396. The van der Waals surface area contributed by atoms with Gasteiger partial charge in [-0.25, -0.2) is 4.98 Å². The van der Waals surface area contributed by atoms with Crippen molar-refractivity contribution in [2.24, 2.45) is 0 Å².